The molecule has 1 aromatic heterocycles. The molecule has 0 bridgehead atoms. The minimum atomic E-state index is -0.519. The third-order valence-corrected chi connectivity index (χ3v) is 4.87. The number of halogens is 2. The zero-order chi connectivity index (χ0) is 19.5. The molecule has 28 heavy (non-hydrogen) atoms. The lowest BCUT2D eigenvalue weighted by molar-refractivity contribution is -0.118. The van der Waals surface area contributed by atoms with Gasteiger partial charge in [-0.3, -0.25) is 9.89 Å². The van der Waals surface area contributed by atoms with Crippen LogP contribution in [0.5, 0.6) is 0 Å². The van der Waals surface area contributed by atoms with Crippen LogP contribution in [0.1, 0.15) is 30.5 Å². The highest BCUT2D eigenvalue weighted by molar-refractivity contribution is 5.98. The zero-order valence-corrected chi connectivity index (χ0v) is 15.1. The maximum Gasteiger partial charge on any atom is 0.241 e. The van der Waals surface area contributed by atoms with Crippen molar-refractivity contribution in [2.24, 2.45) is 0 Å². The molecular formula is C21H20F2N4O. The fraction of sp³-hybridized carbons (Fsp3) is 0.238. The van der Waals surface area contributed by atoms with E-state index in [1.807, 2.05) is 0 Å². The number of nitrogens with one attached hydrogen (secondary N) is 3. The fourth-order valence-corrected chi connectivity index (χ4v) is 3.33. The Balaban J connectivity index is 1.58. The highest BCUT2D eigenvalue weighted by Gasteiger charge is 2.22. The smallest absolute Gasteiger partial charge is 0.241 e. The van der Waals surface area contributed by atoms with Crippen molar-refractivity contribution < 1.29 is 13.6 Å². The number of nitrogens with zero attached hydrogens (tertiary/aromatic N) is 1. The molecule has 0 spiro atoms. The number of carbonyl (C=O) groups excluding carboxylic acids is 1. The molecule has 5 nitrogen and oxygen atoms in total. The molecule has 0 saturated carbocycles. The maximum atomic E-state index is 14.4. The van der Waals surface area contributed by atoms with Crippen molar-refractivity contribution >= 4 is 34.6 Å². The molecule has 1 aliphatic heterocycles. The van der Waals surface area contributed by atoms with Gasteiger partial charge in [-0.25, -0.2) is 8.78 Å². The van der Waals surface area contributed by atoms with E-state index in [0.29, 0.717) is 16.6 Å². The number of H-pyrrole nitrogens is 1. The number of amides is 1. The first kappa shape index (κ1) is 18.3. The Kier molecular flexibility index (Phi) is 5.16. The van der Waals surface area contributed by atoms with E-state index >= 15 is 0 Å². The number of anilines is 1. The monoisotopic (exact) mass is 382 g/mol. The van der Waals surface area contributed by atoms with E-state index in [-0.39, 0.29) is 23.5 Å². The van der Waals surface area contributed by atoms with Gasteiger partial charge < -0.3 is 10.6 Å². The maximum absolute atomic E-state index is 14.4. The number of carbonyl (C=O) groups is 1. The van der Waals surface area contributed by atoms with Gasteiger partial charge in [-0.1, -0.05) is 24.6 Å². The van der Waals surface area contributed by atoms with E-state index in [2.05, 4.69) is 20.8 Å². The number of hydrogen-bond acceptors (Lipinski definition) is 3. The van der Waals surface area contributed by atoms with Gasteiger partial charge in [0.1, 0.15) is 11.6 Å². The predicted molar refractivity (Wildman–Crippen MR) is 106 cm³/mol. The van der Waals surface area contributed by atoms with Crippen LogP contribution in [-0.2, 0) is 4.79 Å². The minimum absolute atomic E-state index is 0.128. The second-order valence-corrected chi connectivity index (χ2v) is 6.86. The Bertz CT molecular complexity index is 1020. The summed E-state index contributed by atoms with van der Waals surface area (Å²) in [4.78, 5) is 12.4. The van der Waals surface area contributed by atoms with Gasteiger partial charge in [0.25, 0.3) is 0 Å². The summed E-state index contributed by atoms with van der Waals surface area (Å²) >= 11 is 0. The van der Waals surface area contributed by atoms with Gasteiger partial charge in [-0.05, 0) is 49.2 Å². The zero-order valence-electron chi connectivity index (χ0n) is 15.1. The number of rotatable bonds is 4. The highest BCUT2D eigenvalue weighted by atomic mass is 19.1. The van der Waals surface area contributed by atoms with Crippen molar-refractivity contribution in [2.75, 3.05) is 11.9 Å². The first-order valence-corrected chi connectivity index (χ1v) is 9.26. The Morgan fingerprint density at radius 2 is 1.96 bits per heavy atom. The van der Waals surface area contributed by atoms with Crippen molar-refractivity contribution in [3.8, 4) is 0 Å². The summed E-state index contributed by atoms with van der Waals surface area (Å²) < 4.78 is 27.4. The van der Waals surface area contributed by atoms with E-state index in [9.17, 15) is 13.6 Å². The lowest BCUT2D eigenvalue weighted by Gasteiger charge is -2.22. The van der Waals surface area contributed by atoms with Gasteiger partial charge in [0, 0.05) is 11.5 Å². The van der Waals surface area contributed by atoms with E-state index in [4.69, 9.17) is 0 Å². The second kappa shape index (κ2) is 7.90. The first-order chi connectivity index (χ1) is 13.6. The summed E-state index contributed by atoms with van der Waals surface area (Å²) in [5, 5.41) is 13.5. The number of hydrogen-bond donors (Lipinski definition) is 3. The highest BCUT2D eigenvalue weighted by Crippen LogP contribution is 2.26. The van der Waals surface area contributed by atoms with Gasteiger partial charge >= 0.3 is 0 Å². The molecule has 1 amide bonds. The van der Waals surface area contributed by atoms with Crippen LogP contribution >= 0.6 is 0 Å². The molecular weight excluding hydrogens is 362 g/mol. The average Bonchev–Trinajstić information content (AvgIpc) is 3.10. The third-order valence-electron chi connectivity index (χ3n) is 4.87. The van der Waals surface area contributed by atoms with Crippen LogP contribution in [0.3, 0.4) is 0 Å². The number of fused-ring (bicyclic) bond motifs is 1. The number of aromatic nitrogens is 2. The molecule has 144 valence electrons. The summed E-state index contributed by atoms with van der Waals surface area (Å²) in [7, 11) is 0. The van der Waals surface area contributed by atoms with Crippen LogP contribution in [0.2, 0.25) is 0 Å². The molecule has 3 aromatic rings. The molecule has 2 heterocycles. The molecule has 1 atom stereocenters. The van der Waals surface area contributed by atoms with Gasteiger partial charge in [-0.15, -0.1) is 0 Å². The van der Waals surface area contributed by atoms with Crippen molar-refractivity contribution in [3.63, 3.8) is 0 Å². The Hall–Kier alpha value is -3.06. The van der Waals surface area contributed by atoms with Crippen molar-refractivity contribution in [1.82, 2.24) is 15.5 Å². The Morgan fingerprint density at radius 1 is 1.14 bits per heavy atom. The molecule has 0 radical (unpaired) electrons. The summed E-state index contributed by atoms with van der Waals surface area (Å²) in [6.45, 7) is 0.791. The summed E-state index contributed by atoms with van der Waals surface area (Å²) in [5.74, 6) is -1.05. The van der Waals surface area contributed by atoms with Crippen LogP contribution in [0, 0.1) is 11.6 Å². The second-order valence-electron chi connectivity index (χ2n) is 6.86. The molecule has 0 aliphatic carbocycles. The lowest BCUT2D eigenvalue weighted by atomic mass is 10.0. The SMILES string of the molecule is O=C(Nc1cc2c(/C=C/c3ccc(F)cc3)n[nH]c2cc1F)C1CCCCN1. The topological polar surface area (TPSA) is 69.8 Å². The number of piperidine rings is 1. The van der Waals surface area contributed by atoms with E-state index < -0.39 is 5.82 Å². The molecule has 4 rings (SSSR count). The third kappa shape index (κ3) is 3.94. The number of aromatic amines is 1. The quantitative estimate of drug-likeness (QED) is 0.637. The minimum Gasteiger partial charge on any atom is -0.322 e. The Morgan fingerprint density at radius 3 is 2.71 bits per heavy atom. The van der Waals surface area contributed by atoms with Crippen LogP contribution in [0.4, 0.5) is 14.5 Å². The van der Waals surface area contributed by atoms with Crippen LogP contribution in [0.15, 0.2) is 36.4 Å². The van der Waals surface area contributed by atoms with Crippen molar-refractivity contribution in [3.05, 3.63) is 59.3 Å². The van der Waals surface area contributed by atoms with Crippen LogP contribution < -0.4 is 10.6 Å². The van der Waals surface area contributed by atoms with E-state index in [1.165, 1.54) is 18.2 Å². The van der Waals surface area contributed by atoms with Crippen LogP contribution in [0.25, 0.3) is 23.1 Å². The number of benzene rings is 2. The molecule has 1 unspecified atom stereocenters. The summed E-state index contributed by atoms with van der Waals surface area (Å²) in [6, 6.07) is 8.67. The molecule has 3 N–H and O–H groups in total. The molecule has 1 aliphatic rings. The van der Waals surface area contributed by atoms with Crippen molar-refractivity contribution in [1.29, 1.82) is 0 Å². The van der Waals surface area contributed by atoms with Crippen molar-refractivity contribution in [2.45, 2.75) is 25.3 Å². The lowest BCUT2D eigenvalue weighted by Crippen LogP contribution is -2.43. The van der Waals surface area contributed by atoms with Gasteiger partial charge in [0.2, 0.25) is 5.91 Å². The first-order valence-electron chi connectivity index (χ1n) is 9.26. The van der Waals surface area contributed by atoms with Gasteiger partial charge in [0.15, 0.2) is 0 Å². The average molecular weight is 382 g/mol. The normalized spacial score (nSPS) is 17.3. The Labute approximate surface area is 160 Å². The molecule has 7 heteroatoms. The fourth-order valence-electron chi connectivity index (χ4n) is 3.33. The van der Waals surface area contributed by atoms with Crippen LogP contribution in [-0.4, -0.2) is 28.7 Å². The molecule has 1 fully saturated rings. The predicted octanol–water partition coefficient (Wildman–Crippen LogP) is 4.09. The largest absolute Gasteiger partial charge is 0.322 e. The standard InChI is InChI=1S/C21H20F2N4O/c22-14-7-4-13(5-8-14)6-9-17-15-11-20(16(23)12-19(15)27-26-17)25-21(28)18-3-1-2-10-24-18/h4-9,11-12,18,24H,1-3,10H2,(H,25,28)(H,26,27)/b9-6+. The molecule has 1 saturated heterocycles. The summed E-state index contributed by atoms with van der Waals surface area (Å²) in [5.41, 5.74) is 2.08. The van der Waals surface area contributed by atoms with Gasteiger partial charge in [-0.2, -0.15) is 5.10 Å². The van der Waals surface area contributed by atoms with E-state index in [0.717, 1.165) is 31.4 Å². The molecule has 2 aromatic carbocycles. The van der Waals surface area contributed by atoms with E-state index in [1.54, 1.807) is 30.4 Å². The summed E-state index contributed by atoms with van der Waals surface area (Å²) in [6.07, 6.45) is 6.32. The van der Waals surface area contributed by atoms with Gasteiger partial charge in [0.05, 0.1) is 22.9 Å².